The predicted octanol–water partition coefficient (Wildman–Crippen LogP) is 4.51. The lowest BCUT2D eigenvalue weighted by molar-refractivity contribution is -0.352. The topological polar surface area (TPSA) is 93.8 Å². The first kappa shape index (κ1) is 23.6. The van der Waals surface area contributed by atoms with Crippen molar-refractivity contribution in [1.29, 1.82) is 0 Å². The Morgan fingerprint density at radius 3 is 2.82 bits per heavy atom. The second-order valence-corrected chi connectivity index (χ2v) is 8.54. The number of rotatable bonds is 7. The molecule has 1 aromatic carbocycles. The Hall–Kier alpha value is -2.56. The van der Waals surface area contributed by atoms with Crippen molar-refractivity contribution in [3.05, 3.63) is 53.2 Å². The van der Waals surface area contributed by atoms with E-state index >= 15 is 0 Å². The van der Waals surface area contributed by atoms with Crippen molar-refractivity contribution in [3.8, 4) is 5.75 Å². The molecule has 1 aliphatic carbocycles. The van der Waals surface area contributed by atoms with E-state index in [4.69, 9.17) is 20.8 Å². The van der Waals surface area contributed by atoms with Crippen LogP contribution >= 0.6 is 11.6 Å². The maximum Gasteiger partial charge on any atom is 0.522 e. The quantitative estimate of drug-likeness (QED) is 0.598. The Kier molecular flexibility index (Phi) is 6.69. The minimum Gasteiger partial charge on any atom is -0.480 e. The lowest BCUT2D eigenvalue weighted by atomic mass is 9.82. The van der Waals surface area contributed by atoms with Gasteiger partial charge in [-0.1, -0.05) is 18.2 Å². The van der Waals surface area contributed by atoms with Crippen LogP contribution in [0.3, 0.4) is 0 Å². The van der Waals surface area contributed by atoms with Crippen LogP contribution in [0.15, 0.2) is 35.4 Å². The number of carbonyl (C=O) groups is 1. The summed E-state index contributed by atoms with van der Waals surface area (Å²) in [5.74, 6) is 0.572. The molecule has 2 aliphatic rings. The van der Waals surface area contributed by atoms with Gasteiger partial charge >= 0.3 is 6.36 Å². The number of aromatic nitrogens is 1. The molecular weight excluding hydrogens is 465 g/mol. The van der Waals surface area contributed by atoms with E-state index in [1.165, 1.54) is 6.20 Å². The summed E-state index contributed by atoms with van der Waals surface area (Å²) >= 11 is 5.94. The highest BCUT2D eigenvalue weighted by molar-refractivity contribution is 6.30. The highest BCUT2D eigenvalue weighted by Crippen LogP contribution is 2.41. The molecule has 1 aromatic heterocycles. The van der Waals surface area contributed by atoms with Gasteiger partial charge in [-0.15, -0.1) is 13.2 Å². The molecular formula is C22H22ClF3N2O5. The second-order valence-electron chi connectivity index (χ2n) is 8.10. The molecule has 0 saturated heterocycles. The summed E-state index contributed by atoms with van der Waals surface area (Å²) in [4.78, 5) is 16.6. The van der Waals surface area contributed by atoms with Crippen molar-refractivity contribution < 1.29 is 37.0 Å². The first-order valence-corrected chi connectivity index (χ1v) is 10.8. The molecule has 0 unspecified atom stereocenters. The zero-order chi connectivity index (χ0) is 23.8. The Balaban J connectivity index is 1.22. The molecule has 2 atom stereocenters. The highest BCUT2D eigenvalue weighted by atomic mass is 35.5. The van der Waals surface area contributed by atoms with Gasteiger partial charge in [-0.2, -0.15) is 0 Å². The van der Waals surface area contributed by atoms with Crippen molar-refractivity contribution in [1.82, 2.24) is 10.3 Å². The minimum atomic E-state index is -4.64. The first-order valence-electron chi connectivity index (χ1n) is 10.4. The molecule has 1 amide bonds. The molecule has 7 nitrogen and oxygen atoms in total. The van der Waals surface area contributed by atoms with E-state index in [2.05, 4.69) is 21.6 Å². The van der Waals surface area contributed by atoms with Gasteiger partial charge in [0.15, 0.2) is 12.0 Å². The number of fused-ring (bicyclic) bond motifs is 1. The molecule has 4 rings (SSSR count). The van der Waals surface area contributed by atoms with E-state index in [-0.39, 0.29) is 37.6 Å². The number of benzene rings is 1. The van der Waals surface area contributed by atoms with E-state index in [1.807, 2.05) is 0 Å². The molecule has 11 heteroatoms. The molecule has 0 spiro atoms. The number of aliphatic hydroxyl groups excluding tert-OH is 1. The fourth-order valence-corrected chi connectivity index (χ4v) is 4.03. The number of alkyl halides is 3. The third-order valence-electron chi connectivity index (χ3n) is 5.67. The number of nitrogens with zero attached hydrogens (tertiary/aromatic N) is 1. The number of carbonyl (C=O) groups excluding carboxylic acids is 1. The van der Waals surface area contributed by atoms with Crippen molar-refractivity contribution in [2.24, 2.45) is 0 Å². The van der Waals surface area contributed by atoms with Crippen molar-refractivity contribution in [3.63, 3.8) is 0 Å². The lowest BCUT2D eigenvalue weighted by Crippen LogP contribution is -2.41. The summed E-state index contributed by atoms with van der Waals surface area (Å²) in [5.41, 5.74) is 1.13. The van der Waals surface area contributed by atoms with Gasteiger partial charge in [-0.3, -0.25) is 9.53 Å². The lowest BCUT2D eigenvalue weighted by Gasteiger charge is -2.33. The molecule has 1 aliphatic heterocycles. The standard InChI is InChI=1S/C22H22ClF3N2O5/c1-11(19-10-28-21(32-19)12-6-14(7-12)33-22(24,25)26)4-5-27-20(30)18-9-16(29)15-8-13(23)2-3-17(15)31-18/h2-3,8,10,12,14,16,18,29H,1,4-7,9H2,(H,27,30)/t12-,14+,16-,18-/m1/s1. The third kappa shape index (κ3) is 5.69. The molecule has 178 valence electrons. The normalized spacial score (nSPS) is 24.4. The number of ether oxygens (including phenoxy) is 2. The van der Waals surface area contributed by atoms with Gasteiger partial charge in [0, 0.05) is 29.5 Å². The zero-order valence-electron chi connectivity index (χ0n) is 17.4. The van der Waals surface area contributed by atoms with Crippen LogP contribution in [0.1, 0.15) is 54.9 Å². The van der Waals surface area contributed by atoms with E-state index < -0.39 is 24.7 Å². The first-order chi connectivity index (χ1) is 15.6. The van der Waals surface area contributed by atoms with Gasteiger partial charge in [-0.05, 0) is 43.0 Å². The third-order valence-corrected chi connectivity index (χ3v) is 5.91. The van der Waals surface area contributed by atoms with Crippen LogP contribution in [0.5, 0.6) is 5.75 Å². The maximum absolute atomic E-state index is 12.5. The van der Waals surface area contributed by atoms with Gasteiger partial charge in [0.1, 0.15) is 11.5 Å². The molecule has 33 heavy (non-hydrogen) atoms. The average molecular weight is 487 g/mol. The van der Waals surface area contributed by atoms with Crippen LogP contribution < -0.4 is 10.1 Å². The molecule has 2 N–H and O–H groups in total. The average Bonchev–Trinajstić information content (AvgIpc) is 3.19. The van der Waals surface area contributed by atoms with E-state index in [0.29, 0.717) is 40.0 Å². The molecule has 0 radical (unpaired) electrons. The Bertz CT molecular complexity index is 1040. The smallest absolute Gasteiger partial charge is 0.480 e. The summed E-state index contributed by atoms with van der Waals surface area (Å²) in [5, 5.41) is 13.5. The monoisotopic (exact) mass is 486 g/mol. The predicted molar refractivity (Wildman–Crippen MR) is 112 cm³/mol. The van der Waals surface area contributed by atoms with Gasteiger partial charge in [-0.25, -0.2) is 4.98 Å². The summed E-state index contributed by atoms with van der Waals surface area (Å²) < 4.78 is 52.0. The highest BCUT2D eigenvalue weighted by Gasteiger charge is 2.42. The number of hydrogen-bond acceptors (Lipinski definition) is 6. The van der Waals surface area contributed by atoms with Gasteiger partial charge in [0.25, 0.3) is 5.91 Å². The van der Waals surface area contributed by atoms with Crippen LogP contribution in [0.25, 0.3) is 5.57 Å². The van der Waals surface area contributed by atoms with E-state index in [1.54, 1.807) is 18.2 Å². The number of nitrogens with one attached hydrogen (secondary N) is 1. The van der Waals surface area contributed by atoms with Crippen LogP contribution in [0.2, 0.25) is 5.02 Å². The molecule has 1 fully saturated rings. The Labute approximate surface area is 192 Å². The fraction of sp³-hybridized carbons (Fsp3) is 0.455. The molecule has 2 heterocycles. The Morgan fingerprint density at radius 1 is 1.33 bits per heavy atom. The van der Waals surface area contributed by atoms with Gasteiger partial charge in [0.05, 0.1) is 18.4 Å². The summed E-state index contributed by atoms with van der Waals surface area (Å²) in [7, 11) is 0. The summed E-state index contributed by atoms with van der Waals surface area (Å²) in [6.45, 7) is 4.17. The summed E-state index contributed by atoms with van der Waals surface area (Å²) in [6, 6.07) is 4.85. The van der Waals surface area contributed by atoms with Crippen molar-refractivity contribution in [2.75, 3.05) is 6.54 Å². The SMILES string of the molecule is C=C(CCNC(=O)[C@H]1C[C@@H](O)c2cc(Cl)ccc2O1)c1cnc([C@H]2C[C@@H](OC(F)(F)F)C2)o1. The molecule has 1 saturated carbocycles. The van der Waals surface area contributed by atoms with Crippen molar-refractivity contribution >= 4 is 23.1 Å². The van der Waals surface area contributed by atoms with Crippen LogP contribution in [0.4, 0.5) is 13.2 Å². The van der Waals surface area contributed by atoms with Gasteiger partial charge in [0.2, 0.25) is 0 Å². The number of oxazole rings is 1. The largest absolute Gasteiger partial charge is 0.522 e. The minimum absolute atomic E-state index is 0.103. The Morgan fingerprint density at radius 2 is 2.09 bits per heavy atom. The maximum atomic E-state index is 12.5. The fourth-order valence-electron chi connectivity index (χ4n) is 3.84. The molecule has 0 bridgehead atoms. The van der Waals surface area contributed by atoms with Crippen LogP contribution in [0, 0.1) is 0 Å². The van der Waals surface area contributed by atoms with Crippen molar-refractivity contribution in [2.45, 2.75) is 56.3 Å². The van der Waals surface area contributed by atoms with Gasteiger partial charge < -0.3 is 19.6 Å². The second kappa shape index (κ2) is 9.36. The number of aliphatic hydroxyl groups is 1. The zero-order valence-corrected chi connectivity index (χ0v) is 18.2. The summed E-state index contributed by atoms with van der Waals surface area (Å²) in [6.07, 6.45) is -4.92. The van der Waals surface area contributed by atoms with Crippen LogP contribution in [-0.4, -0.2) is 41.1 Å². The van der Waals surface area contributed by atoms with Crippen LogP contribution in [-0.2, 0) is 9.53 Å². The number of amides is 1. The number of halogens is 4. The van der Waals surface area contributed by atoms with E-state index in [9.17, 15) is 23.1 Å². The molecule has 2 aromatic rings. The van der Waals surface area contributed by atoms with E-state index in [0.717, 1.165) is 0 Å². The number of hydrogen-bond donors (Lipinski definition) is 2.